The lowest BCUT2D eigenvalue weighted by molar-refractivity contribution is -0.131. The molecule has 0 radical (unpaired) electrons. The number of cyclic esters (lactones) is 1. The second-order valence-corrected chi connectivity index (χ2v) is 3.29. The highest BCUT2D eigenvalue weighted by atomic mass is 16.5. The minimum Gasteiger partial charge on any atom is -0.501 e. The lowest BCUT2D eigenvalue weighted by Crippen LogP contribution is -1.97. The van der Waals surface area contributed by atoms with E-state index in [4.69, 9.17) is 9.47 Å². The highest BCUT2D eigenvalue weighted by Gasteiger charge is 2.21. The molecule has 1 aromatic carbocycles. The van der Waals surface area contributed by atoms with Crippen LogP contribution in [0.4, 0.5) is 0 Å². The zero-order valence-electron chi connectivity index (χ0n) is 8.97. The van der Waals surface area contributed by atoms with Crippen LogP contribution in [-0.2, 0) is 14.3 Å². The predicted molar refractivity (Wildman–Crippen MR) is 60.2 cm³/mol. The van der Waals surface area contributed by atoms with Gasteiger partial charge >= 0.3 is 5.97 Å². The van der Waals surface area contributed by atoms with E-state index in [1.165, 1.54) is 6.26 Å². The summed E-state index contributed by atoms with van der Waals surface area (Å²) >= 11 is 0. The Morgan fingerprint density at radius 3 is 2.75 bits per heavy atom. The molecule has 0 saturated heterocycles. The molecule has 0 saturated carbocycles. The van der Waals surface area contributed by atoms with E-state index in [0.29, 0.717) is 17.9 Å². The molecular weight excluding hydrogens is 204 g/mol. The Kier molecular flexibility index (Phi) is 3.05. The largest absolute Gasteiger partial charge is 0.501 e. The van der Waals surface area contributed by atoms with Gasteiger partial charge in [0.15, 0.2) is 0 Å². The Labute approximate surface area is 94.0 Å². The van der Waals surface area contributed by atoms with Crippen LogP contribution in [0.25, 0.3) is 5.76 Å². The second kappa shape index (κ2) is 4.66. The van der Waals surface area contributed by atoms with Gasteiger partial charge in [-0.25, -0.2) is 4.79 Å². The second-order valence-electron chi connectivity index (χ2n) is 3.29. The van der Waals surface area contributed by atoms with Crippen molar-refractivity contribution >= 4 is 11.7 Å². The zero-order valence-corrected chi connectivity index (χ0v) is 8.97. The molecule has 0 N–H and O–H groups in total. The Hall–Kier alpha value is -2.03. The van der Waals surface area contributed by atoms with Gasteiger partial charge in [-0.3, -0.25) is 0 Å². The van der Waals surface area contributed by atoms with Gasteiger partial charge in [0.1, 0.15) is 5.76 Å². The van der Waals surface area contributed by atoms with E-state index in [0.717, 1.165) is 5.56 Å². The van der Waals surface area contributed by atoms with Crippen LogP contribution in [0.1, 0.15) is 12.5 Å². The van der Waals surface area contributed by atoms with Gasteiger partial charge in [-0.15, -0.1) is 0 Å². The minimum atomic E-state index is -0.368. The van der Waals surface area contributed by atoms with Crippen molar-refractivity contribution in [1.29, 1.82) is 0 Å². The monoisotopic (exact) mass is 216 g/mol. The van der Waals surface area contributed by atoms with Crippen LogP contribution in [0.5, 0.6) is 0 Å². The van der Waals surface area contributed by atoms with Crippen LogP contribution in [0.2, 0.25) is 0 Å². The average molecular weight is 216 g/mol. The number of rotatable bonds is 3. The Morgan fingerprint density at radius 2 is 2.06 bits per heavy atom. The summed E-state index contributed by atoms with van der Waals surface area (Å²) in [6.45, 7) is 2.39. The first kappa shape index (κ1) is 10.5. The first-order valence-corrected chi connectivity index (χ1v) is 5.12. The summed E-state index contributed by atoms with van der Waals surface area (Å²) in [5, 5.41) is 0. The van der Waals surface area contributed by atoms with E-state index in [1.54, 1.807) is 6.08 Å². The quantitative estimate of drug-likeness (QED) is 0.442. The Balaban J connectivity index is 2.23. The molecule has 82 valence electrons. The third kappa shape index (κ3) is 2.14. The lowest BCUT2D eigenvalue weighted by Gasteiger charge is -1.99. The molecule has 0 unspecified atom stereocenters. The summed E-state index contributed by atoms with van der Waals surface area (Å²) in [7, 11) is 0. The molecule has 1 aromatic rings. The average Bonchev–Trinajstić information content (AvgIpc) is 2.69. The summed E-state index contributed by atoms with van der Waals surface area (Å²) in [4.78, 5) is 11.4. The van der Waals surface area contributed by atoms with Crippen molar-refractivity contribution in [2.24, 2.45) is 0 Å². The molecule has 3 nitrogen and oxygen atoms in total. The fraction of sp³-hybridized carbons (Fsp3) is 0.154. The molecule has 1 aliphatic heterocycles. The number of esters is 1. The molecular formula is C13H12O3. The van der Waals surface area contributed by atoms with Crippen molar-refractivity contribution in [3.8, 4) is 0 Å². The number of benzene rings is 1. The lowest BCUT2D eigenvalue weighted by atomic mass is 10.2. The number of carbonyl (C=O) groups is 1. The van der Waals surface area contributed by atoms with Gasteiger partial charge in [0, 0.05) is 5.56 Å². The van der Waals surface area contributed by atoms with Crippen LogP contribution in [0.3, 0.4) is 0 Å². The van der Waals surface area contributed by atoms with E-state index < -0.39 is 0 Å². The molecule has 3 heteroatoms. The molecule has 0 amide bonds. The van der Waals surface area contributed by atoms with Crippen molar-refractivity contribution in [2.75, 3.05) is 6.61 Å². The van der Waals surface area contributed by atoms with Crippen LogP contribution in [0.15, 0.2) is 48.2 Å². The SMILES string of the molecule is CCOC=C1C=C(c2ccccc2)OC1=O. The fourth-order valence-electron chi connectivity index (χ4n) is 1.39. The molecule has 0 fully saturated rings. The standard InChI is InChI=1S/C13H12O3/c1-2-15-9-11-8-12(16-13(11)14)10-6-4-3-5-7-10/h3-9H,2H2,1H3. The first-order chi connectivity index (χ1) is 7.81. The normalized spacial score (nSPS) is 17.2. The smallest absolute Gasteiger partial charge is 0.346 e. The van der Waals surface area contributed by atoms with Gasteiger partial charge in [-0.1, -0.05) is 30.3 Å². The summed E-state index contributed by atoms with van der Waals surface area (Å²) in [6.07, 6.45) is 3.12. The molecule has 0 bridgehead atoms. The van der Waals surface area contributed by atoms with Crippen molar-refractivity contribution in [2.45, 2.75) is 6.92 Å². The highest BCUT2D eigenvalue weighted by Crippen LogP contribution is 2.25. The molecule has 0 spiro atoms. The van der Waals surface area contributed by atoms with E-state index in [-0.39, 0.29) is 5.97 Å². The van der Waals surface area contributed by atoms with Gasteiger partial charge in [0.2, 0.25) is 0 Å². The molecule has 16 heavy (non-hydrogen) atoms. The predicted octanol–water partition coefficient (Wildman–Crippen LogP) is 2.50. The van der Waals surface area contributed by atoms with Gasteiger partial charge in [-0.05, 0) is 13.0 Å². The zero-order chi connectivity index (χ0) is 11.4. The maximum atomic E-state index is 11.4. The molecule has 1 heterocycles. The van der Waals surface area contributed by atoms with E-state index in [2.05, 4.69) is 0 Å². The maximum Gasteiger partial charge on any atom is 0.346 e. The van der Waals surface area contributed by atoms with Crippen molar-refractivity contribution in [1.82, 2.24) is 0 Å². The van der Waals surface area contributed by atoms with Crippen LogP contribution in [0, 0.1) is 0 Å². The van der Waals surface area contributed by atoms with Gasteiger partial charge in [0.25, 0.3) is 0 Å². The summed E-state index contributed by atoms with van der Waals surface area (Å²) < 4.78 is 10.2. The van der Waals surface area contributed by atoms with Crippen molar-refractivity contribution in [3.63, 3.8) is 0 Å². The topological polar surface area (TPSA) is 35.5 Å². The fourth-order valence-corrected chi connectivity index (χ4v) is 1.39. The molecule has 1 aliphatic rings. The minimum absolute atomic E-state index is 0.368. The maximum absolute atomic E-state index is 11.4. The van der Waals surface area contributed by atoms with E-state index in [1.807, 2.05) is 37.3 Å². The van der Waals surface area contributed by atoms with E-state index >= 15 is 0 Å². The molecule has 2 rings (SSSR count). The molecule has 0 atom stereocenters. The number of carbonyl (C=O) groups excluding carboxylic acids is 1. The summed E-state index contributed by atoms with van der Waals surface area (Å²) in [5.74, 6) is 0.198. The first-order valence-electron chi connectivity index (χ1n) is 5.12. The third-order valence-corrected chi connectivity index (χ3v) is 2.16. The van der Waals surface area contributed by atoms with Gasteiger partial charge in [-0.2, -0.15) is 0 Å². The van der Waals surface area contributed by atoms with Gasteiger partial charge in [0.05, 0.1) is 18.4 Å². The van der Waals surface area contributed by atoms with Crippen LogP contribution < -0.4 is 0 Å². The highest BCUT2D eigenvalue weighted by molar-refractivity contribution is 6.01. The number of hydrogen-bond donors (Lipinski definition) is 0. The van der Waals surface area contributed by atoms with Crippen molar-refractivity contribution in [3.05, 3.63) is 53.8 Å². The summed E-state index contributed by atoms with van der Waals surface area (Å²) in [5.41, 5.74) is 1.33. The van der Waals surface area contributed by atoms with E-state index in [9.17, 15) is 4.79 Å². The Morgan fingerprint density at radius 1 is 1.31 bits per heavy atom. The van der Waals surface area contributed by atoms with Crippen molar-refractivity contribution < 1.29 is 14.3 Å². The molecule has 0 aliphatic carbocycles. The summed E-state index contributed by atoms with van der Waals surface area (Å²) in [6, 6.07) is 9.49. The van der Waals surface area contributed by atoms with Crippen LogP contribution >= 0.6 is 0 Å². The van der Waals surface area contributed by atoms with Crippen LogP contribution in [-0.4, -0.2) is 12.6 Å². The Bertz CT molecular complexity index is 444. The molecule has 0 aromatic heterocycles. The number of ether oxygens (including phenoxy) is 2. The van der Waals surface area contributed by atoms with Gasteiger partial charge < -0.3 is 9.47 Å². The number of hydrogen-bond acceptors (Lipinski definition) is 3. The third-order valence-electron chi connectivity index (χ3n) is 2.16.